The van der Waals surface area contributed by atoms with Gasteiger partial charge in [-0.3, -0.25) is 9.59 Å². The summed E-state index contributed by atoms with van der Waals surface area (Å²) in [5, 5.41) is 0. The number of aryl methyl sites for hydroxylation is 1. The van der Waals surface area contributed by atoms with Gasteiger partial charge in [-0.2, -0.15) is 0 Å². The van der Waals surface area contributed by atoms with E-state index >= 15 is 0 Å². The number of sulfonamides is 1. The van der Waals surface area contributed by atoms with Gasteiger partial charge in [-0.25, -0.2) is 12.7 Å². The third-order valence-corrected chi connectivity index (χ3v) is 5.90. The second-order valence-corrected chi connectivity index (χ2v) is 7.93. The van der Waals surface area contributed by atoms with Crippen LogP contribution in [0.3, 0.4) is 0 Å². The molecule has 0 bridgehead atoms. The van der Waals surface area contributed by atoms with E-state index in [0.717, 1.165) is 4.31 Å². The molecule has 1 aliphatic rings. The maximum Gasteiger partial charge on any atom is 0.254 e. The van der Waals surface area contributed by atoms with Gasteiger partial charge < -0.3 is 9.80 Å². The largest absolute Gasteiger partial charge is 0.342 e. The van der Waals surface area contributed by atoms with Crippen LogP contribution in [0.1, 0.15) is 15.9 Å². The molecule has 0 radical (unpaired) electrons. The summed E-state index contributed by atoms with van der Waals surface area (Å²) in [5.74, 6) is -0.459. The van der Waals surface area contributed by atoms with Gasteiger partial charge in [0.25, 0.3) is 5.91 Å². The standard InChI is InChI=1S/C15H21N3O4S/c1-11-5-6-12(9-13(11)23(21,22)16(2)3)15(20)18-8-7-17(4)14(19)10-18/h5-6,9H,7-8,10H2,1-4H3. The fraction of sp³-hybridized carbons (Fsp3) is 0.467. The molecular formula is C15H21N3O4S. The maximum absolute atomic E-state index is 12.6. The van der Waals surface area contributed by atoms with Crippen molar-refractivity contribution in [2.24, 2.45) is 0 Å². The molecule has 0 unspecified atom stereocenters. The monoisotopic (exact) mass is 339 g/mol. The Balaban J connectivity index is 2.35. The number of carbonyl (C=O) groups excluding carboxylic acids is 2. The maximum atomic E-state index is 12.6. The van der Waals surface area contributed by atoms with Crippen LogP contribution in [0.2, 0.25) is 0 Å². The van der Waals surface area contributed by atoms with E-state index in [4.69, 9.17) is 0 Å². The van der Waals surface area contributed by atoms with Gasteiger partial charge in [0.15, 0.2) is 0 Å². The Morgan fingerprint density at radius 1 is 1.22 bits per heavy atom. The number of piperazine rings is 1. The number of likely N-dealkylation sites (N-methyl/N-ethyl adjacent to an activating group) is 1. The van der Waals surface area contributed by atoms with Crippen LogP contribution in [0.5, 0.6) is 0 Å². The Morgan fingerprint density at radius 3 is 2.43 bits per heavy atom. The number of rotatable bonds is 3. The van der Waals surface area contributed by atoms with Gasteiger partial charge in [0.2, 0.25) is 15.9 Å². The predicted molar refractivity (Wildman–Crippen MR) is 85.6 cm³/mol. The normalized spacial score (nSPS) is 16.1. The van der Waals surface area contributed by atoms with E-state index < -0.39 is 10.0 Å². The average molecular weight is 339 g/mol. The van der Waals surface area contributed by atoms with Crippen LogP contribution in [0, 0.1) is 6.92 Å². The van der Waals surface area contributed by atoms with Crippen molar-refractivity contribution in [1.82, 2.24) is 14.1 Å². The molecule has 0 atom stereocenters. The zero-order chi connectivity index (χ0) is 17.4. The van der Waals surface area contributed by atoms with Crippen LogP contribution in [-0.2, 0) is 14.8 Å². The average Bonchev–Trinajstić information content (AvgIpc) is 2.49. The summed E-state index contributed by atoms with van der Waals surface area (Å²) >= 11 is 0. The molecule has 0 aromatic heterocycles. The molecule has 2 rings (SSSR count). The van der Waals surface area contributed by atoms with Gasteiger partial charge in [0.05, 0.1) is 4.90 Å². The Bertz CT molecular complexity index is 743. The predicted octanol–water partition coefficient (Wildman–Crippen LogP) is 0.160. The molecule has 0 N–H and O–H groups in total. The fourth-order valence-electron chi connectivity index (χ4n) is 2.32. The van der Waals surface area contributed by atoms with Crippen molar-refractivity contribution < 1.29 is 18.0 Å². The van der Waals surface area contributed by atoms with E-state index in [0.29, 0.717) is 18.7 Å². The molecule has 1 aromatic rings. The van der Waals surface area contributed by atoms with E-state index in [-0.39, 0.29) is 28.8 Å². The van der Waals surface area contributed by atoms with E-state index in [9.17, 15) is 18.0 Å². The van der Waals surface area contributed by atoms with Gasteiger partial charge in [-0.1, -0.05) is 6.07 Å². The van der Waals surface area contributed by atoms with Crippen LogP contribution < -0.4 is 0 Å². The molecule has 8 heteroatoms. The topological polar surface area (TPSA) is 78.0 Å². The first kappa shape index (κ1) is 17.4. The van der Waals surface area contributed by atoms with E-state index in [2.05, 4.69) is 0 Å². The lowest BCUT2D eigenvalue weighted by atomic mass is 10.1. The van der Waals surface area contributed by atoms with E-state index in [1.807, 2.05) is 0 Å². The molecule has 0 spiro atoms. The summed E-state index contributed by atoms with van der Waals surface area (Å²) in [5.41, 5.74) is 0.845. The fourth-order valence-corrected chi connectivity index (χ4v) is 3.47. The zero-order valence-corrected chi connectivity index (χ0v) is 14.6. The van der Waals surface area contributed by atoms with Crippen LogP contribution >= 0.6 is 0 Å². The molecule has 1 saturated heterocycles. The summed E-state index contributed by atoms with van der Waals surface area (Å²) < 4.78 is 25.8. The van der Waals surface area contributed by atoms with Crippen molar-refractivity contribution in [1.29, 1.82) is 0 Å². The van der Waals surface area contributed by atoms with Gasteiger partial charge in [-0.05, 0) is 24.6 Å². The number of carbonyl (C=O) groups is 2. The van der Waals surface area contributed by atoms with E-state index in [1.165, 1.54) is 25.1 Å². The van der Waals surface area contributed by atoms with Crippen LogP contribution in [0.15, 0.2) is 23.1 Å². The highest BCUT2D eigenvalue weighted by Gasteiger charge is 2.27. The third kappa shape index (κ3) is 3.37. The Labute approximate surface area is 136 Å². The zero-order valence-electron chi connectivity index (χ0n) is 13.7. The van der Waals surface area contributed by atoms with Crippen LogP contribution in [-0.4, -0.2) is 75.1 Å². The summed E-state index contributed by atoms with van der Waals surface area (Å²) in [7, 11) is 0.959. The van der Waals surface area contributed by atoms with E-state index in [1.54, 1.807) is 31.0 Å². The highest BCUT2D eigenvalue weighted by atomic mass is 32.2. The van der Waals surface area contributed by atoms with Crippen molar-refractivity contribution in [3.63, 3.8) is 0 Å². The van der Waals surface area contributed by atoms with Crippen molar-refractivity contribution in [2.45, 2.75) is 11.8 Å². The molecule has 23 heavy (non-hydrogen) atoms. The molecule has 0 saturated carbocycles. The smallest absolute Gasteiger partial charge is 0.254 e. The summed E-state index contributed by atoms with van der Waals surface area (Å²) in [6.45, 7) is 2.60. The highest BCUT2D eigenvalue weighted by Crippen LogP contribution is 2.21. The number of nitrogens with zero attached hydrogens (tertiary/aromatic N) is 3. The molecule has 1 fully saturated rings. The quantitative estimate of drug-likeness (QED) is 0.786. The van der Waals surface area contributed by atoms with Gasteiger partial charge >= 0.3 is 0 Å². The molecule has 1 aromatic carbocycles. The third-order valence-electron chi connectivity index (χ3n) is 3.94. The van der Waals surface area contributed by atoms with Crippen molar-refractivity contribution >= 4 is 21.8 Å². The van der Waals surface area contributed by atoms with Crippen LogP contribution in [0.4, 0.5) is 0 Å². The molecule has 0 aliphatic carbocycles. The minimum Gasteiger partial charge on any atom is -0.342 e. The molecule has 1 aliphatic heterocycles. The second kappa shape index (κ2) is 6.29. The summed E-state index contributed by atoms with van der Waals surface area (Å²) in [6, 6.07) is 4.59. The lowest BCUT2D eigenvalue weighted by Gasteiger charge is -2.32. The molecular weight excluding hydrogens is 318 g/mol. The summed E-state index contributed by atoms with van der Waals surface area (Å²) in [4.78, 5) is 27.4. The Hall–Kier alpha value is -1.93. The van der Waals surface area contributed by atoms with Crippen LogP contribution in [0.25, 0.3) is 0 Å². The first-order valence-corrected chi connectivity index (χ1v) is 8.65. The Kier molecular flexibility index (Phi) is 4.76. The first-order valence-electron chi connectivity index (χ1n) is 7.21. The van der Waals surface area contributed by atoms with Crippen molar-refractivity contribution in [3.05, 3.63) is 29.3 Å². The molecule has 126 valence electrons. The second-order valence-electron chi connectivity index (χ2n) is 5.81. The number of hydrogen-bond donors (Lipinski definition) is 0. The molecule has 2 amide bonds. The minimum absolute atomic E-state index is 0.0129. The van der Waals surface area contributed by atoms with Crippen molar-refractivity contribution in [3.8, 4) is 0 Å². The highest BCUT2D eigenvalue weighted by molar-refractivity contribution is 7.89. The van der Waals surface area contributed by atoms with Gasteiger partial charge in [0, 0.05) is 39.8 Å². The van der Waals surface area contributed by atoms with Gasteiger partial charge in [-0.15, -0.1) is 0 Å². The summed E-state index contributed by atoms with van der Waals surface area (Å²) in [6.07, 6.45) is 0. The lowest BCUT2D eigenvalue weighted by molar-refractivity contribution is -0.133. The molecule has 1 heterocycles. The number of benzene rings is 1. The van der Waals surface area contributed by atoms with Crippen molar-refractivity contribution in [2.75, 3.05) is 40.8 Å². The number of amides is 2. The first-order chi connectivity index (χ1) is 10.6. The van der Waals surface area contributed by atoms with Gasteiger partial charge in [0.1, 0.15) is 6.54 Å². The number of hydrogen-bond acceptors (Lipinski definition) is 4. The minimum atomic E-state index is -3.63. The molecule has 7 nitrogen and oxygen atoms in total. The Morgan fingerprint density at radius 2 is 1.87 bits per heavy atom. The lowest BCUT2D eigenvalue weighted by Crippen LogP contribution is -2.50. The SMILES string of the molecule is Cc1ccc(C(=O)N2CCN(C)C(=O)C2)cc1S(=O)(=O)N(C)C.